The first-order valence-electron chi connectivity index (χ1n) is 11.7. The topological polar surface area (TPSA) is 67.2 Å². The number of carbonyl (C=O) groups is 1. The summed E-state index contributed by atoms with van der Waals surface area (Å²) in [5.41, 5.74) is 4.54. The highest BCUT2D eigenvalue weighted by Gasteiger charge is 2.22. The lowest BCUT2D eigenvalue weighted by Gasteiger charge is -2.20. The van der Waals surface area contributed by atoms with Gasteiger partial charge < -0.3 is 14.8 Å². The van der Waals surface area contributed by atoms with Crippen molar-refractivity contribution in [2.24, 2.45) is 0 Å². The van der Waals surface area contributed by atoms with Crippen LogP contribution in [0.1, 0.15) is 24.5 Å². The van der Waals surface area contributed by atoms with Crippen LogP contribution in [-0.2, 0) is 17.8 Å². The predicted octanol–water partition coefficient (Wildman–Crippen LogP) is 5.28. The zero-order valence-corrected chi connectivity index (χ0v) is 19.7. The van der Waals surface area contributed by atoms with Crippen molar-refractivity contribution in [3.8, 4) is 11.3 Å². The molecule has 0 saturated heterocycles. The van der Waals surface area contributed by atoms with Crippen molar-refractivity contribution in [2.45, 2.75) is 26.3 Å². The zero-order chi connectivity index (χ0) is 25.2. The molecule has 0 unspecified atom stereocenters. The fourth-order valence-corrected chi connectivity index (χ4v) is 4.47. The molecule has 5 rings (SSSR count). The van der Waals surface area contributed by atoms with E-state index in [0.29, 0.717) is 17.8 Å². The van der Waals surface area contributed by atoms with Gasteiger partial charge in [0.1, 0.15) is 17.3 Å². The summed E-state index contributed by atoms with van der Waals surface area (Å²) in [5, 5.41) is 2.66. The Morgan fingerprint density at radius 3 is 2.56 bits per heavy atom. The lowest BCUT2D eigenvalue weighted by Crippen LogP contribution is -2.27. The van der Waals surface area contributed by atoms with Gasteiger partial charge in [-0.2, -0.15) is 0 Å². The molecule has 0 bridgehead atoms. The standard InChI is InChI=1S/C28H24F2N4O2/c1-2-27(35)32-24-8-10-25(19-3-5-21(29)6-4-19)34(28(24)36)17-18-13-23(16-31-15-18)33-12-11-20-14-22(30)7-9-26(20)33/h3-10,13-16H,2,11-12,17H2,1H3,(H,32,35). The van der Waals surface area contributed by atoms with Crippen LogP contribution in [0.2, 0.25) is 0 Å². The van der Waals surface area contributed by atoms with Gasteiger partial charge in [0, 0.05) is 24.8 Å². The third-order valence-corrected chi connectivity index (χ3v) is 6.28. The van der Waals surface area contributed by atoms with Gasteiger partial charge in [0.2, 0.25) is 5.91 Å². The second-order valence-corrected chi connectivity index (χ2v) is 8.66. The highest BCUT2D eigenvalue weighted by Crippen LogP contribution is 2.35. The molecule has 182 valence electrons. The molecule has 36 heavy (non-hydrogen) atoms. The molecule has 4 aromatic rings. The summed E-state index contributed by atoms with van der Waals surface area (Å²) < 4.78 is 28.8. The fourth-order valence-electron chi connectivity index (χ4n) is 4.47. The Morgan fingerprint density at radius 1 is 1.00 bits per heavy atom. The van der Waals surface area contributed by atoms with Gasteiger partial charge in [-0.1, -0.05) is 6.92 Å². The van der Waals surface area contributed by atoms with Crippen LogP contribution >= 0.6 is 0 Å². The molecular formula is C28H24F2N4O2. The van der Waals surface area contributed by atoms with E-state index in [1.54, 1.807) is 60.3 Å². The summed E-state index contributed by atoms with van der Waals surface area (Å²) in [6.07, 6.45) is 4.39. The van der Waals surface area contributed by atoms with Gasteiger partial charge in [0.05, 0.1) is 24.1 Å². The highest BCUT2D eigenvalue weighted by atomic mass is 19.1. The van der Waals surface area contributed by atoms with Crippen molar-refractivity contribution in [1.82, 2.24) is 9.55 Å². The van der Waals surface area contributed by atoms with Crippen LogP contribution in [0.15, 0.2) is 77.9 Å². The smallest absolute Gasteiger partial charge is 0.275 e. The molecule has 0 radical (unpaired) electrons. The summed E-state index contributed by atoms with van der Waals surface area (Å²) >= 11 is 0. The quantitative estimate of drug-likeness (QED) is 0.403. The summed E-state index contributed by atoms with van der Waals surface area (Å²) in [7, 11) is 0. The van der Waals surface area contributed by atoms with Crippen LogP contribution in [0, 0.1) is 11.6 Å². The van der Waals surface area contributed by atoms with Gasteiger partial charge in [0.25, 0.3) is 5.56 Å². The number of amides is 1. The molecule has 3 heterocycles. The minimum Gasteiger partial charge on any atom is -0.340 e. The Bertz CT molecular complexity index is 1500. The van der Waals surface area contributed by atoms with Gasteiger partial charge in [-0.25, -0.2) is 8.78 Å². The Kier molecular flexibility index (Phi) is 6.33. The van der Waals surface area contributed by atoms with Crippen molar-refractivity contribution in [3.63, 3.8) is 0 Å². The number of rotatable bonds is 6. The number of nitrogens with zero attached hydrogens (tertiary/aromatic N) is 3. The number of halogens is 2. The largest absolute Gasteiger partial charge is 0.340 e. The highest BCUT2D eigenvalue weighted by molar-refractivity contribution is 5.90. The van der Waals surface area contributed by atoms with Gasteiger partial charge >= 0.3 is 0 Å². The molecule has 0 saturated carbocycles. The number of hydrogen-bond acceptors (Lipinski definition) is 4. The van der Waals surface area contributed by atoms with Crippen molar-refractivity contribution in [1.29, 1.82) is 0 Å². The molecule has 1 aliphatic rings. The molecule has 1 amide bonds. The molecule has 1 aliphatic heterocycles. The molecule has 0 spiro atoms. The zero-order valence-electron chi connectivity index (χ0n) is 19.7. The number of nitrogens with one attached hydrogen (secondary N) is 1. The van der Waals surface area contributed by atoms with Gasteiger partial charge in [-0.05, 0) is 83.8 Å². The Hall–Kier alpha value is -4.33. The lowest BCUT2D eigenvalue weighted by molar-refractivity contribution is -0.115. The van der Waals surface area contributed by atoms with E-state index < -0.39 is 0 Å². The van der Waals surface area contributed by atoms with Gasteiger partial charge in [-0.15, -0.1) is 0 Å². The minimum absolute atomic E-state index is 0.173. The monoisotopic (exact) mass is 486 g/mol. The van der Waals surface area contributed by atoms with Crippen molar-refractivity contribution in [2.75, 3.05) is 16.8 Å². The fraction of sp³-hybridized carbons (Fsp3) is 0.179. The van der Waals surface area contributed by atoms with E-state index in [1.165, 1.54) is 18.2 Å². The second-order valence-electron chi connectivity index (χ2n) is 8.66. The normalized spacial score (nSPS) is 12.5. The van der Waals surface area contributed by atoms with Crippen LogP contribution < -0.4 is 15.8 Å². The number of carbonyl (C=O) groups excluding carboxylic acids is 1. The van der Waals surface area contributed by atoms with Crippen LogP contribution in [0.3, 0.4) is 0 Å². The maximum atomic E-state index is 13.7. The van der Waals surface area contributed by atoms with E-state index in [1.807, 2.05) is 6.07 Å². The van der Waals surface area contributed by atoms with Crippen molar-refractivity contribution in [3.05, 3.63) is 106 Å². The van der Waals surface area contributed by atoms with E-state index in [9.17, 15) is 18.4 Å². The van der Waals surface area contributed by atoms with E-state index in [2.05, 4.69) is 15.2 Å². The molecule has 8 heteroatoms. The molecular weight excluding hydrogens is 462 g/mol. The first-order valence-corrected chi connectivity index (χ1v) is 11.7. The van der Waals surface area contributed by atoms with Crippen LogP contribution in [0.5, 0.6) is 0 Å². The van der Waals surface area contributed by atoms with Crippen molar-refractivity contribution < 1.29 is 13.6 Å². The van der Waals surface area contributed by atoms with E-state index in [4.69, 9.17) is 0 Å². The summed E-state index contributed by atoms with van der Waals surface area (Å²) in [5.74, 6) is -0.895. The summed E-state index contributed by atoms with van der Waals surface area (Å²) in [6, 6.07) is 15.9. The Morgan fingerprint density at radius 2 is 1.78 bits per heavy atom. The maximum Gasteiger partial charge on any atom is 0.275 e. The van der Waals surface area contributed by atoms with Gasteiger partial charge in [0.15, 0.2) is 0 Å². The Balaban J connectivity index is 1.54. The van der Waals surface area contributed by atoms with Crippen LogP contribution in [-0.4, -0.2) is 22.0 Å². The molecule has 0 aliphatic carbocycles. The van der Waals surface area contributed by atoms with E-state index >= 15 is 0 Å². The molecule has 2 aromatic heterocycles. The predicted molar refractivity (Wildman–Crippen MR) is 135 cm³/mol. The van der Waals surface area contributed by atoms with Crippen LogP contribution in [0.25, 0.3) is 11.3 Å². The summed E-state index contributed by atoms with van der Waals surface area (Å²) in [6.45, 7) is 2.60. The first kappa shape index (κ1) is 23.4. The average Bonchev–Trinajstić information content (AvgIpc) is 3.30. The lowest BCUT2D eigenvalue weighted by atomic mass is 10.1. The first-order chi connectivity index (χ1) is 17.4. The number of benzene rings is 2. The molecule has 0 fully saturated rings. The number of anilines is 3. The van der Waals surface area contributed by atoms with Crippen molar-refractivity contribution >= 4 is 23.0 Å². The van der Waals surface area contributed by atoms with E-state index in [-0.39, 0.29) is 41.8 Å². The molecule has 1 N–H and O–H groups in total. The number of hydrogen-bond donors (Lipinski definition) is 1. The third kappa shape index (κ3) is 4.62. The second kappa shape index (κ2) is 9.73. The van der Waals surface area contributed by atoms with Gasteiger partial charge in [-0.3, -0.25) is 14.6 Å². The molecule has 0 atom stereocenters. The molecule has 6 nitrogen and oxygen atoms in total. The molecule has 2 aromatic carbocycles. The summed E-state index contributed by atoms with van der Waals surface area (Å²) in [4.78, 5) is 31.9. The minimum atomic E-state index is -0.373. The van der Waals surface area contributed by atoms with E-state index in [0.717, 1.165) is 28.9 Å². The number of pyridine rings is 2. The third-order valence-electron chi connectivity index (χ3n) is 6.28. The SMILES string of the molecule is CCC(=O)Nc1ccc(-c2ccc(F)cc2)n(Cc2cncc(N3CCc4cc(F)ccc43)c2)c1=O. The Labute approximate surface area is 206 Å². The number of aromatic nitrogens is 2. The number of fused-ring (bicyclic) bond motifs is 1. The average molecular weight is 487 g/mol. The van der Waals surface area contributed by atoms with Crippen LogP contribution in [0.4, 0.5) is 25.8 Å². The maximum absolute atomic E-state index is 13.7.